The van der Waals surface area contributed by atoms with E-state index in [1.54, 1.807) is 5.57 Å². The van der Waals surface area contributed by atoms with Gasteiger partial charge < -0.3 is 24.1 Å². The third-order valence-corrected chi connectivity index (χ3v) is 10.9. The van der Waals surface area contributed by atoms with Gasteiger partial charge >= 0.3 is 0 Å². The summed E-state index contributed by atoms with van der Waals surface area (Å²) in [4.78, 5) is 0. The van der Waals surface area contributed by atoms with E-state index in [0.29, 0.717) is 11.8 Å². The van der Waals surface area contributed by atoms with Gasteiger partial charge in [0.15, 0.2) is 11.6 Å². The van der Waals surface area contributed by atoms with Gasteiger partial charge in [-0.3, -0.25) is 0 Å². The van der Waals surface area contributed by atoms with Crippen molar-refractivity contribution in [3.05, 3.63) is 11.6 Å². The molecule has 0 aromatic heterocycles. The molecule has 0 aromatic carbocycles. The molecule has 0 aromatic rings. The van der Waals surface area contributed by atoms with Crippen LogP contribution in [0.15, 0.2) is 11.6 Å². The topological polar surface area (TPSA) is 57.2 Å². The number of hydrogen-bond acceptors (Lipinski definition) is 5. The lowest BCUT2D eigenvalue weighted by Crippen LogP contribution is -2.55. The first-order valence-electron chi connectivity index (χ1n) is 13.3. The fourth-order valence-electron chi connectivity index (χ4n) is 9.57. The van der Waals surface area contributed by atoms with Crippen LogP contribution in [0.3, 0.4) is 0 Å². The first-order chi connectivity index (χ1) is 15.4. The van der Waals surface area contributed by atoms with E-state index in [2.05, 4.69) is 19.9 Å². The summed E-state index contributed by atoms with van der Waals surface area (Å²) in [6.07, 6.45) is 14.0. The monoisotopic (exact) mass is 446 g/mol. The Labute approximate surface area is 193 Å². The molecule has 5 heteroatoms. The highest BCUT2D eigenvalue weighted by atomic mass is 16.7. The Morgan fingerprint density at radius 2 is 1.66 bits per heavy atom. The van der Waals surface area contributed by atoms with Crippen molar-refractivity contribution in [3.63, 3.8) is 0 Å². The molecule has 2 saturated heterocycles. The lowest BCUT2D eigenvalue weighted by molar-refractivity contribution is -0.221. The summed E-state index contributed by atoms with van der Waals surface area (Å²) < 4.78 is 24.7. The smallest absolute Gasteiger partial charge is 0.172 e. The van der Waals surface area contributed by atoms with Crippen molar-refractivity contribution >= 4 is 0 Å². The molecule has 180 valence electrons. The van der Waals surface area contributed by atoms with Crippen LogP contribution in [0, 0.1) is 34.5 Å². The minimum Gasteiger partial charge on any atom is -0.396 e. The standard InChI is InChI=1S/C27H42O5/c1-24-11-12-27(31-16-17-32-27)18-19(24)4-5-20-21(24)8-10-26(9-3-13-28)22(20)6-7-23(26)25(2)29-14-15-30-25/h4,20-23,28H,3,5-18H2,1-2H3/t20-,21-,22+,23-,24-,26+/m1/s1. The van der Waals surface area contributed by atoms with Crippen LogP contribution in [0.4, 0.5) is 0 Å². The molecule has 0 unspecified atom stereocenters. The molecular weight excluding hydrogens is 404 g/mol. The Balaban J connectivity index is 1.31. The van der Waals surface area contributed by atoms with Crippen LogP contribution < -0.4 is 0 Å². The summed E-state index contributed by atoms with van der Waals surface area (Å²) in [7, 11) is 0. The van der Waals surface area contributed by atoms with Gasteiger partial charge in [-0.2, -0.15) is 0 Å². The molecule has 2 aliphatic heterocycles. The third kappa shape index (κ3) is 3.07. The third-order valence-electron chi connectivity index (χ3n) is 10.9. The molecular formula is C27H42O5. The van der Waals surface area contributed by atoms with Gasteiger partial charge in [-0.05, 0) is 86.9 Å². The Hall–Kier alpha value is -0.460. The van der Waals surface area contributed by atoms with Crippen molar-refractivity contribution in [2.24, 2.45) is 34.5 Å². The number of hydrogen-bond donors (Lipinski definition) is 1. The van der Waals surface area contributed by atoms with E-state index >= 15 is 0 Å². The van der Waals surface area contributed by atoms with Crippen LogP contribution >= 0.6 is 0 Å². The van der Waals surface area contributed by atoms with Gasteiger partial charge in [0.05, 0.1) is 26.4 Å². The largest absolute Gasteiger partial charge is 0.396 e. The molecule has 6 aliphatic rings. The molecule has 6 rings (SSSR count). The molecule has 3 saturated carbocycles. The van der Waals surface area contributed by atoms with Crippen molar-refractivity contribution in [3.8, 4) is 0 Å². The minimum absolute atomic E-state index is 0.248. The van der Waals surface area contributed by atoms with E-state index in [1.807, 2.05) is 0 Å². The average Bonchev–Trinajstić information content (AvgIpc) is 3.52. The number of ether oxygens (including phenoxy) is 4. The highest BCUT2D eigenvalue weighted by molar-refractivity contribution is 5.27. The van der Waals surface area contributed by atoms with Gasteiger partial charge in [-0.25, -0.2) is 0 Å². The van der Waals surface area contributed by atoms with Crippen LogP contribution in [0.5, 0.6) is 0 Å². The van der Waals surface area contributed by atoms with Gasteiger partial charge in [-0.1, -0.05) is 18.6 Å². The second-order valence-corrected chi connectivity index (χ2v) is 12.0. The maximum atomic E-state index is 9.76. The Kier molecular flexibility index (Phi) is 5.35. The minimum atomic E-state index is -0.440. The molecule has 0 amide bonds. The van der Waals surface area contributed by atoms with Crippen LogP contribution in [0.1, 0.15) is 78.1 Å². The van der Waals surface area contributed by atoms with Crippen molar-refractivity contribution in [2.45, 2.75) is 89.6 Å². The van der Waals surface area contributed by atoms with Crippen LogP contribution in [-0.2, 0) is 18.9 Å². The maximum Gasteiger partial charge on any atom is 0.172 e. The highest BCUT2D eigenvalue weighted by Crippen LogP contribution is 2.70. The summed E-state index contributed by atoms with van der Waals surface area (Å²) in [5.74, 6) is 1.89. The van der Waals surface area contributed by atoms with Crippen molar-refractivity contribution in [1.82, 2.24) is 0 Å². The van der Waals surface area contributed by atoms with E-state index in [-0.39, 0.29) is 23.2 Å². The average molecular weight is 447 g/mol. The normalized spacial score (nSPS) is 46.5. The molecule has 1 N–H and O–H groups in total. The lowest BCUT2D eigenvalue weighted by atomic mass is 9.46. The van der Waals surface area contributed by atoms with Crippen molar-refractivity contribution < 1.29 is 24.1 Å². The SMILES string of the molecule is CC1([C@H]2CC[C@H]3[C@@H]4CC=C5CC6(CC[C@@]5(C)[C@@H]4CC[C@]23CCCO)OCCO6)OCCO1. The first-order valence-corrected chi connectivity index (χ1v) is 13.3. The Bertz CT molecular complexity index is 751. The molecule has 4 aliphatic carbocycles. The fourth-order valence-corrected chi connectivity index (χ4v) is 9.57. The van der Waals surface area contributed by atoms with Gasteiger partial charge in [0, 0.05) is 25.4 Å². The molecule has 5 fully saturated rings. The lowest BCUT2D eigenvalue weighted by Gasteiger charge is -2.60. The number of allylic oxidation sites excluding steroid dienone is 1. The predicted molar refractivity (Wildman–Crippen MR) is 121 cm³/mol. The molecule has 6 atom stereocenters. The van der Waals surface area contributed by atoms with E-state index in [4.69, 9.17) is 18.9 Å². The van der Waals surface area contributed by atoms with E-state index < -0.39 is 5.79 Å². The van der Waals surface area contributed by atoms with Crippen molar-refractivity contribution in [1.29, 1.82) is 0 Å². The zero-order chi connectivity index (χ0) is 22.0. The maximum absolute atomic E-state index is 9.76. The molecule has 32 heavy (non-hydrogen) atoms. The van der Waals surface area contributed by atoms with E-state index in [9.17, 15) is 5.11 Å². The van der Waals surface area contributed by atoms with Crippen molar-refractivity contribution in [2.75, 3.05) is 33.0 Å². The van der Waals surface area contributed by atoms with Crippen LogP contribution in [0.2, 0.25) is 0 Å². The fraction of sp³-hybridized carbons (Fsp3) is 0.926. The summed E-state index contributed by atoms with van der Waals surface area (Å²) >= 11 is 0. The summed E-state index contributed by atoms with van der Waals surface area (Å²) in [5.41, 5.74) is 2.14. The summed E-state index contributed by atoms with van der Waals surface area (Å²) in [6, 6.07) is 0. The predicted octanol–water partition coefficient (Wildman–Crippen LogP) is 4.82. The van der Waals surface area contributed by atoms with Gasteiger partial charge in [-0.15, -0.1) is 0 Å². The van der Waals surface area contributed by atoms with E-state index in [0.717, 1.165) is 63.9 Å². The zero-order valence-corrected chi connectivity index (χ0v) is 20.1. The number of fused-ring (bicyclic) bond motifs is 5. The van der Waals surface area contributed by atoms with Gasteiger partial charge in [0.25, 0.3) is 0 Å². The van der Waals surface area contributed by atoms with Gasteiger partial charge in [0.1, 0.15) is 0 Å². The molecule has 2 heterocycles. The van der Waals surface area contributed by atoms with Gasteiger partial charge in [0.2, 0.25) is 0 Å². The molecule has 5 nitrogen and oxygen atoms in total. The molecule has 0 radical (unpaired) electrons. The van der Waals surface area contributed by atoms with Crippen LogP contribution in [-0.4, -0.2) is 49.7 Å². The second kappa shape index (κ2) is 7.78. The Morgan fingerprint density at radius 3 is 2.41 bits per heavy atom. The van der Waals surface area contributed by atoms with Crippen LogP contribution in [0.25, 0.3) is 0 Å². The summed E-state index contributed by atoms with van der Waals surface area (Å²) in [6.45, 7) is 7.96. The second-order valence-electron chi connectivity index (χ2n) is 12.0. The summed E-state index contributed by atoms with van der Waals surface area (Å²) in [5, 5.41) is 9.76. The molecule has 0 bridgehead atoms. The Morgan fingerprint density at radius 1 is 0.906 bits per heavy atom. The highest BCUT2D eigenvalue weighted by Gasteiger charge is 2.65. The number of aliphatic hydroxyl groups excluding tert-OH is 1. The number of rotatable bonds is 4. The molecule has 1 spiro atoms. The number of aliphatic hydroxyl groups is 1. The first kappa shape index (κ1) is 22.0. The van der Waals surface area contributed by atoms with E-state index in [1.165, 1.54) is 38.5 Å². The quantitative estimate of drug-likeness (QED) is 0.627. The zero-order valence-electron chi connectivity index (χ0n) is 20.1.